The Morgan fingerprint density at radius 1 is 1.50 bits per heavy atom. The second-order valence-corrected chi connectivity index (χ2v) is 2.52. The molecule has 0 bridgehead atoms. The van der Waals surface area contributed by atoms with E-state index in [1.54, 1.807) is 0 Å². The first-order valence-electron chi connectivity index (χ1n) is 2.96. The second-order valence-electron chi connectivity index (χ2n) is 1.87. The predicted molar refractivity (Wildman–Crippen MR) is 44.5 cm³/mol. The molecule has 2 nitrogen and oxygen atoms in total. The first kappa shape index (κ1) is 7.44. The van der Waals surface area contributed by atoms with E-state index >= 15 is 0 Å². The molecule has 0 aromatic heterocycles. The van der Waals surface area contributed by atoms with E-state index in [4.69, 9.17) is 4.55 Å². The lowest BCUT2D eigenvalue weighted by Crippen LogP contribution is -1.86. The third kappa shape index (κ3) is 1.65. The summed E-state index contributed by atoms with van der Waals surface area (Å²) in [5.41, 5.74) is 1.01. The normalized spacial score (nSPS) is 9.40. The molecule has 0 amide bonds. The summed E-state index contributed by atoms with van der Waals surface area (Å²) in [4.78, 5) is 0.854. The molecule has 0 saturated carbocycles. The third-order valence-electron chi connectivity index (χ3n) is 1.23. The van der Waals surface area contributed by atoms with Crippen molar-refractivity contribution in [3.63, 3.8) is 0 Å². The van der Waals surface area contributed by atoms with Crippen LogP contribution in [0.3, 0.4) is 0 Å². The number of hydrogen-bond donors (Lipinski definition) is 2. The molecule has 1 aromatic carbocycles. The molecule has 0 aliphatic rings. The van der Waals surface area contributed by atoms with Crippen LogP contribution in [0.1, 0.15) is 0 Å². The number of nitrogens with one attached hydrogen (secondary N) is 1. The Labute approximate surface area is 64.5 Å². The van der Waals surface area contributed by atoms with Gasteiger partial charge in [-0.15, -0.1) is 0 Å². The Morgan fingerprint density at radius 3 is 2.90 bits per heavy atom. The molecule has 54 valence electrons. The van der Waals surface area contributed by atoms with Crippen LogP contribution < -0.4 is 5.32 Å². The number of benzene rings is 1. The van der Waals surface area contributed by atoms with Gasteiger partial charge in [0.15, 0.2) is 0 Å². The minimum absolute atomic E-state index is 0.758. The van der Waals surface area contributed by atoms with Crippen molar-refractivity contribution >= 4 is 17.7 Å². The molecular formula is C7H9NOS. The molecule has 0 heterocycles. The maximum absolute atomic E-state index is 8.65. The standard InChI is InChI=1S/C7H9NOS/c1-8-6-3-2-4-7(5-6)10-9/h2-5,8-9H,1H3. The van der Waals surface area contributed by atoms with Gasteiger partial charge in [0.25, 0.3) is 0 Å². The molecule has 2 N–H and O–H groups in total. The minimum Gasteiger partial charge on any atom is -0.388 e. The summed E-state index contributed by atoms with van der Waals surface area (Å²) in [6, 6.07) is 7.57. The van der Waals surface area contributed by atoms with Gasteiger partial charge in [-0.2, -0.15) is 0 Å². The Bertz CT molecular complexity index is 195. The number of rotatable bonds is 2. The summed E-state index contributed by atoms with van der Waals surface area (Å²) < 4.78 is 8.65. The largest absolute Gasteiger partial charge is 0.388 e. The highest BCUT2D eigenvalue weighted by molar-refractivity contribution is 7.93. The van der Waals surface area contributed by atoms with Crippen LogP contribution in [0.25, 0.3) is 0 Å². The third-order valence-corrected chi connectivity index (χ3v) is 1.69. The van der Waals surface area contributed by atoms with Gasteiger partial charge in [0, 0.05) is 29.7 Å². The van der Waals surface area contributed by atoms with E-state index in [0.29, 0.717) is 0 Å². The Kier molecular flexibility index (Phi) is 2.59. The SMILES string of the molecule is CNc1cccc(SO)c1. The topological polar surface area (TPSA) is 32.3 Å². The molecule has 0 saturated heterocycles. The Balaban J connectivity index is 2.87. The van der Waals surface area contributed by atoms with Crippen molar-refractivity contribution in [1.29, 1.82) is 0 Å². The van der Waals surface area contributed by atoms with Crippen molar-refractivity contribution in [2.24, 2.45) is 0 Å². The summed E-state index contributed by atoms with van der Waals surface area (Å²) >= 11 is 0.758. The van der Waals surface area contributed by atoms with Crippen LogP contribution in [0, 0.1) is 0 Å². The van der Waals surface area contributed by atoms with Gasteiger partial charge in [-0.1, -0.05) is 6.07 Å². The lowest BCUT2D eigenvalue weighted by Gasteiger charge is -1.99. The highest BCUT2D eigenvalue weighted by Crippen LogP contribution is 2.17. The molecule has 0 aliphatic heterocycles. The average Bonchev–Trinajstić information content (AvgIpc) is 2.05. The smallest absolute Gasteiger partial charge is 0.0371 e. The monoisotopic (exact) mass is 155 g/mol. The van der Waals surface area contributed by atoms with Crippen LogP contribution in [-0.4, -0.2) is 11.6 Å². The average molecular weight is 155 g/mol. The zero-order chi connectivity index (χ0) is 7.40. The van der Waals surface area contributed by atoms with Crippen LogP contribution in [0.15, 0.2) is 29.2 Å². The number of anilines is 1. The van der Waals surface area contributed by atoms with E-state index in [1.807, 2.05) is 31.3 Å². The van der Waals surface area contributed by atoms with Gasteiger partial charge in [-0.3, -0.25) is 0 Å². The molecule has 1 aromatic rings. The highest BCUT2D eigenvalue weighted by Gasteiger charge is 1.90. The van der Waals surface area contributed by atoms with Crippen molar-refractivity contribution < 1.29 is 4.55 Å². The number of hydrogen-bond acceptors (Lipinski definition) is 3. The van der Waals surface area contributed by atoms with Gasteiger partial charge in [-0.25, -0.2) is 0 Å². The molecule has 3 heteroatoms. The Hall–Kier alpha value is -0.670. The maximum Gasteiger partial charge on any atom is 0.0371 e. The van der Waals surface area contributed by atoms with Crippen molar-refractivity contribution in [3.8, 4) is 0 Å². The highest BCUT2D eigenvalue weighted by atomic mass is 32.2. The van der Waals surface area contributed by atoms with Gasteiger partial charge in [-0.05, 0) is 18.2 Å². The lowest BCUT2D eigenvalue weighted by atomic mass is 10.3. The van der Waals surface area contributed by atoms with E-state index in [9.17, 15) is 0 Å². The Morgan fingerprint density at radius 2 is 2.30 bits per heavy atom. The predicted octanol–water partition coefficient (Wildman–Crippen LogP) is 2.29. The summed E-state index contributed by atoms with van der Waals surface area (Å²) in [6.07, 6.45) is 0. The van der Waals surface area contributed by atoms with Crippen LogP contribution in [0.4, 0.5) is 5.69 Å². The first-order chi connectivity index (χ1) is 4.86. The molecular weight excluding hydrogens is 146 g/mol. The quantitative estimate of drug-likeness (QED) is 0.643. The van der Waals surface area contributed by atoms with Gasteiger partial charge >= 0.3 is 0 Å². The van der Waals surface area contributed by atoms with Gasteiger partial charge < -0.3 is 9.87 Å². The molecule has 0 radical (unpaired) electrons. The summed E-state index contributed by atoms with van der Waals surface area (Å²) in [7, 11) is 1.85. The fourth-order valence-corrected chi connectivity index (χ4v) is 1.03. The molecule has 0 fully saturated rings. The van der Waals surface area contributed by atoms with Gasteiger partial charge in [0.2, 0.25) is 0 Å². The van der Waals surface area contributed by atoms with Crippen LogP contribution in [0.5, 0.6) is 0 Å². The lowest BCUT2D eigenvalue weighted by molar-refractivity contribution is 0.664. The molecule has 0 aliphatic carbocycles. The van der Waals surface area contributed by atoms with Gasteiger partial charge in [0.05, 0.1) is 0 Å². The molecule has 1 rings (SSSR count). The van der Waals surface area contributed by atoms with E-state index in [2.05, 4.69) is 5.32 Å². The molecule has 0 atom stereocenters. The van der Waals surface area contributed by atoms with Crippen LogP contribution in [-0.2, 0) is 0 Å². The second kappa shape index (κ2) is 3.49. The summed E-state index contributed by atoms with van der Waals surface area (Å²) in [6.45, 7) is 0. The van der Waals surface area contributed by atoms with Crippen LogP contribution in [0.2, 0.25) is 0 Å². The van der Waals surface area contributed by atoms with Crippen molar-refractivity contribution in [3.05, 3.63) is 24.3 Å². The van der Waals surface area contributed by atoms with E-state index in [0.717, 1.165) is 22.6 Å². The fourth-order valence-electron chi connectivity index (χ4n) is 0.708. The van der Waals surface area contributed by atoms with E-state index in [1.165, 1.54) is 0 Å². The van der Waals surface area contributed by atoms with Gasteiger partial charge in [0.1, 0.15) is 0 Å². The van der Waals surface area contributed by atoms with Crippen molar-refractivity contribution in [2.45, 2.75) is 4.90 Å². The van der Waals surface area contributed by atoms with Crippen molar-refractivity contribution in [1.82, 2.24) is 0 Å². The van der Waals surface area contributed by atoms with Crippen molar-refractivity contribution in [2.75, 3.05) is 12.4 Å². The molecule has 0 spiro atoms. The fraction of sp³-hybridized carbons (Fsp3) is 0.143. The summed E-state index contributed by atoms with van der Waals surface area (Å²) in [5, 5.41) is 2.98. The van der Waals surface area contributed by atoms with Crippen LogP contribution >= 0.6 is 12.0 Å². The zero-order valence-electron chi connectivity index (χ0n) is 5.66. The minimum atomic E-state index is 0.758. The molecule has 0 unspecified atom stereocenters. The summed E-state index contributed by atoms with van der Waals surface area (Å²) in [5.74, 6) is 0. The van der Waals surface area contributed by atoms with E-state index in [-0.39, 0.29) is 0 Å². The maximum atomic E-state index is 8.65. The van der Waals surface area contributed by atoms with E-state index < -0.39 is 0 Å². The molecule has 10 heavy (non-hydrogen) atoms. The first-order valence-corrected chi connectivity index (χ1v) is 3.73. The zero-order valence-corrected chi connectivity index (χ0v) is 6.48.